The first-order chi connectivity index (χ1) is 25.6. The van der Waals surface area contributed by atoms with Gasteiger partial charge in [-0.05, 0) is 119 Å². The number of pyridine rings is 3. The summed E-state index contributed by atoms with van der Waals surface area (Å²) < 4.78 is 0. The maximum Gasteiger partial charge on any atom is 0.221 e. The lowest BCUT2D eigenvalue weighted by atomic mass is 10.0. The van der Waals surface area contributed by atoms with Crippen molar-refractivity contribution < 1.29 is 4.79 Å². The fourth-order valence-electron chi connectivity index (χ4n) is 7.05. The molecule has 250 valence electrons. The van der Waals surface area contributed by atoms with E-state index in [-0.39, 0.29) is 5.91 Å². The summed E-state index contributed by atoms with van der Waals surface area (Å²) in [7, 11) is 0. The van der Waals surface area contributed by atoms with Crippen LogP contribution in [0.25, 0.3) is 22.3 Å². The Labute approximate surface area is 297 Å². The number of hydrogen-bond donors (Lipinski definition) is 5. The molecule has 0 atom stereocenters. The van der Waals surface area contributed by atoms with Gasteiger partial charge in [0.2, 0.25) is 5.91 Å². The Bertz CT molecular complexity index is 2820. The van der Waals surface area contributed by atoms with Crippen LogP contribution in [0.5, 0.6) is 0 Å². The van der Waals surface area contributed by atoms with Gasteiger partial charge in [0.05, 0.1) is 0 Å². The molecule has 8 heterocycles. The number of benzene rings is 1. The number of carbonyl (C=O) groups is 1. The van der Waals surface area contributed by atoms with Crippen molar-refractivity contribution in [2.45, 2.75) is 6.92 Å². The van der Waals surface area contributed by atoms with E-state index < -0.39 is 0 Å². The SMILES string of the molecule is CC(=O)Nc1ccc(C2=c3ccc([nH]3)=C(c3ccncc3)c3ccc([nH]3)C(c3ccncc3)=c3ccc([nH]3)=C(c3ccncc3)c3ccc2[nH]3)cc1. The fourth-order valence-corrected chi connectivity index (χ4v) is 7.05. The topological polar surface area (TPSA) is 131 Å². The number of hydrogen-bond acceptors (Lipinski definition) is 4. The largest absolute Gasteiger partial charge is 0.354 e. The smallest absolute Gasteiger partial charge is 0.221 e. The van der Waals surface area contributed by atoms with E-state index in [0.29, 0.717) is 0 Å². The average Bonchev–Trinajstić information content (AvgIpc) is 4.01. The molecule has 1 aliphatic heterocycles. The normalized spacial score (nSPS) is 12.6. The molecule has 52 heavy (non-hydrogen) atoms. The molecule has 8 bridgehead atoms. The summed E-state index contributed by atoms with van der Waals surface area (Å²) in [6.45, 7) is 1.51. The molecule has 0 radical (unpaired) electrons. The van der Waals surface area contributed by atoms with Gasteiger partial charge in [0.25, 0.3) is 0 Å². The third kappa shape index (κ3) is 5.66. The minimum Gasteiger partial charge on any atom is -0.354 e. The Morgan fingerprint density at radius 2 is 0.712 bits per heavy atom. The highest BCUT2D eigenvalue weighted by Crippen LogP contribution is 2.28. The second-order valence-electron chi connectivity index (χ2n) is 12.6. The predicted octanol–water partition coefficient (Wildman–Crippen LogP) is 4.45. The van der Waals surface area contributed by atoms with Crippen molar-refractivity contribution in [3.63, 3.8) is 0 Å². The van der Waals surface area contributed by atoms with Gasteiger partial charge in [-0.15, -0.1) is 0 Å². The Morgan fingerprint density at radius 3 is 1.02 bits per heavy atom. The lowest BCUT2D eigenvalue weighted by molar-refractivity contribution is -0.114. The maximum absolute atomic E-state index is 11.8. The molecule has 9 heteroatoms. The molecule has 0 unspecified atom stereocenters. The summed E-state index contributed by atoms with van der Waals surface area (Å²) in [6, 6.07) is 37.1. The Hall–Kier alpha value is -7.26. The van der Waals surface area contributed by atoms with Crippen molar-refractivity contribution in [2.24, 2.45) is 0 Å². The van der Waals surface area contributed by atoms with Gasteiger partial charge in [-0.1, -0.05) is 12.1 Å². The Balaban J connectivity index is 1.40. The highest BCUT2D eigenvalue weighted by atomic mass is 16.1. The standard InChI is InChI=1S/C43H32N8O/c1-26(52)47-31-4-2-27(3-5-31)40-32-6-8-34(48-32)41(28-14-20-44-21-15-28)36-10-12-38(50-36)43(30-18-24-46-25-19-30)39-13-11-37(51-39)42(29-16-22-45-23-17-29)35-9-7-33(40)49-35/h2-25,48-51H,1H3,(H,47,52). The number of aromatic nitrogens is 7. The highest BCUT2D eigenvalue weighted by Gasteiger charge is 2.18. The Morgan fingerprint density at radius 1 is 0.404 bits per heavy atom. The van der Waals surface area contributed by atoms with E-state index in [4.69, 9.17) is 0 Å². The fraction of sp³-hybridized carbons (Fsp3) is 0.0233. The summed E-state index contributed by atoms with van der Waals surface area (Å²) in [6.07, 6.45) is 10.9. The van der Waals surface area contributed by atoms with Crippen LogP contribution in [0.15, 0.2) is 146 Å². The van der Waals surface area contributed by atoms with E-state index in [1.54, 1.807) is 0 Å². The van der Waals surface area contributed by atoms with Gasteiger partial charge in [-0.2, -0.15) is 0 Å². The van der Waals surface area contributed by atoms with Crippen molar-refractivity contribution in [1.82, 2.24) is 34.9 Å². The zero-order valence-electron chi connectivity index (χ0n) is 28.1. The number of amides is 1. The molecule has 0 saturated heterocycles. The van der Waals surface area contributed by atoms with E-state index in [1.165, 1.54) is 6.92 Å². The summed E-state index contributed by atoms with van der Waals surface area (Å²) in [5, 5.41) is 6.67. The van der Waals surface area contributed by atoms with Gasteiger partial charge in [-0.25, -0.2) is 0 Å². The second-order valence-corrected chi connectivity index (χ2v) is 12.6. The summed E-state index contributed by atoms with van der Waals surface area (Å²) in [4.78, 5) is 39.9. The monoisotopic (exact) mass is 676 g/mol. The molecule has 5 N–H and O–H groups in total. The molecule has 7 aromatic heterocycles. The van der Waals surface area contributed by atoms with Crippen LogP contribution in [-0.2, 0) is 4.79 Å². The van der Waals surface area contributed by atoms with Crippen LogP contribution < -0.4 is 26.7 Å². The number of nitrogens with one attached hydrogen (secondary N) is 5. The van der Waals surface area contributed by atoms with Gasteiger partial charge < -0.3 is 25.3 Å². The molecular weight excluding hydrogens is 645 g/mol. The third-order valence-electron chi connectivity index (χ3n) is 9.30. The number of anilines is 1. The molecule has 0 spiro atoms. The highest BCUT2D eigenvalue weighted by molar-refractivity contribution is 5.89. The zero-order valence-corrected chi connectivity index (χ0v) is 28.1. The maximum atomic E-state index is 11.8. The van der Waals surface area contributed by atoms with Crippen LogP contribution in [0.1, 0.15) is 52.0 Å². The predicted molar refractivity (Wildman–Crippen MR) is 202 cm³/mol. The van der Waals surface area contributed by atoms with Crippen molar-refractivity contribution in [1.29, 1.82) is 0 Å². The molecule has 9 nitrogen and oxygen atoms in total. The first-order valence-corrected chi connectivity index (χ1v) is 16.9. The zero-order chi connectivity index (χ0) is 35.0. The lowest BCUT2D eigenvalue weighted by Crippen LogP contribution is -2.19. The van der Waals surface area contributed by atoms with Crippen LogP contribution in [0, 0.1) is 0 Å². The van der Waals surface area contributed by atoms with E-state index in [0.717, 1.165) is 94.4 Å². The number of aromatic amines is 4. The molecular formula is C43H32N8O. The van der Waals surface area contributed by atoms with E-state index in [2.05, 4.69) is 88.7 Å². The minimum absolute atomic E-state index is 0.114. The van der Waals surface area contributed by atoms with Crippen LogP contribution in [0.4, 0.5) is 5.69 Å². The molecule has 1 aliphatic rings. The van der Waals surface area contributed by atoms with Crippen molar-refractivity contribution in [2.75, 3.05) is 5.32 Å². The number of fused-ring (bicyclic) bond motifs is 8. The van der Waals surface area contributed by atoms with Crippen molar-refractivity contribution >= 4 is 33.9 Å². The molecule has 0 aliphatic carbocycles. The van der Waals surface area contributed by atoms with Gasteiger partial charge in [0.15, 0.2) is 0 Å². The molecule has 9 rings (SSSR count). The van der Waals surface area contributed by atoms with Crippen molar-refractivity contribution in [3.8, 4) is 0 Å². The first kappa shape index (κ1) is 30.8. The number of carbonyl (C=O) groups excluding carboxylic acids is 1. The lowest BCUT2D eigenvalue weighted by Gasteiger charge is -2.10. The molecule has 8 aromatic rings. The van der Waals surface area contributed by atoms with Gasteiger partial charge >= 0.3 is 0 Å². The average molecular weight is 677 g/mol. The first-order valence-electron chi connectivity index (χ1n) is 16.9. The summed E-state index contributed by atoms with van der Waals surface area (Å²) in [5.74, 6) is -0.114. The number of rotatable bonds is 5. The quantitative estimate of drug-likeness (QED) is 0.185. The van der Waals surface area contributed by atoms with E-state index >= 15 is 0 Å². The van der Waals surface area contributed by atoms with Crippen LogP contribution in [-0.4, -0.2) is 40.8 Å². The van der Waals surface area contributed by atoms with Gasteiger partial charge in [0, 0.05) is 116 Å². The van der Waals surface area contributed by atoms with Crippen LogP contribution in [0.3, 0.4) is 0 Å². The Kier molecular flexibility index (Phi) is 7.63. The number of nitrogens with zero attached hydrogens (tertiary/aromatic N) is 3. The van der Waals surface area contributed by atoms with Crippen molar-refractivity contribution in [3.05, 3.63) is 213 Å². The number of H-pyrrole nitrogens is 4. The van der Waals surface area contributed by atoms with Gasteiger partial charge in [-0.3, -0.25) is 19.7 Å². The molecule has 0 fully saturated rings. The second kappa shape index (κ2) is 12.9. The molecule has 1 amide bonds. The summed E-state index contributed by atoms with van der Waals surface area (Å²) >= 11 is 0. The van der Waals surface area contributed by atoms with Crippen LogP contribution >= 0.6 is 0 Å². The minimum atomic E-state index is -0.114. The summed E-state index contributed by atoms with van der Waals surface area (Å²) in [5.41, 5.74) is 12.6. The molecule has 0 saturated carbocycles. The van der Waals surface area contributed by atoms with Crippen LogP contribution in [0.2, 0.25) is 0 Å². The molecule has 1 aromatic carbocycles. The third-order valence-corrected chi connectivity index (χ3v) is 9.30. The van der Waals surface area contributed by atoms with E-state index in [9.17, 15) is 4.79 Å². The van der Waals surface area contributed by atoms with E-state index in [1.807, 2.05) is 97.8 Å². The van der Waals surface area contributed by atoms with Gasteiger partial charge in [0.1, 0.15) is 0 Å².